The molecule has 0 bridgehead atoms. The van der Waals surface area contributed by atoms with Gasteiger partial charge in [0.2, 0.25) is 0 Å². The van der Waals surface area contributed by atoms with Crippen molar-refractivity contribution in [2.24, 2.45) is 0 Å². The van der Waals surface area contributed by atoms with Crippen LogP contribution in [0.15, 0.2) is 35.9 Å². The Hall–Kier alpha value is -3.32. The molecule has 1 heterocycles. The Kier molecular flexibility index (Phi) is 6.12. The first-order valence-electron chi connectivity index (χ1n) is 9.25. The summed E-state index contributed by atoms with van der Waals surface area (Å²) in [6, 6.07) is 7.64. The van der Waals surface area contributed by atoms with E-state index in [0.717, 1.165) is 16.0 Å². The van der Waals surface area contributed by atoms with Crippen molar-refractivity contribution in [2.75, 3.05) is 18.6 Å². The van der Waals surface area contributed by atoms with E-state index in [9.17, 15) is 14.4 Å². The second-order valence-corrected chi connectivity index (χ2v) is 7.17. The van der Waals surface area contributed by atoms with Crippen LogP contribution in [-0.2, 0) is 9.59 Å². The molecular weight excluding hydrogens is 408 g/mol. The number of amides is 4. The zero-order valence-corrected chi connectivity index (χ0v) is 17.8. The highest BCUT2D eigenvalue weighted by Crippen LogP contribution is 2.35. The molecule has 0 saturated carbocycles. The topological polar surface area (TPSA) is 84.9 Å². The molecule has 1 aliphatic rings. The summed E-state index contributed by atoms with van der Waals surface area (Å²) in [6.45, 7) is 5.92. The summed E-state index contributed by atoms with van der Waals surface area (Å²) in [5.74, 6) is -0.688. The molecule has 2 aromatic rings. The van der Waals surface area contributed by atoms with Gasteiger partial charge in [0, 0.05) is 6.07 Å². The van der Waals surface area contributed by atoms with Crippen LogP contribution in [0.3, 0.4) is 0 Å². The van der Waals surface area contributed by atoms with Gasteiger partial charge in [-0.25, -0.2) is 9.69 Å². The van der Waals surface area contributed by atoms with Gasteiger partial charge in [0.05, 0.1) is 24.4 Å². The number of methoxy groups -OCH3 is 1. The smallest absolute Gasteiger partial charge is 0.335 e. The number of rotatable bonds is 5. The van der Waals surface area contributed by atoms with Gasteiger partial charge in [0.1, 0.15) is 5.57 Å². The van der Waals surface area contributed by atoms with Gasteiger partial charge in [-0.2, -0.15) is 0 Å². The maximum absolute atomic E-state index is 13.1. The van der Waals surface area contributed by atoms with E-state index in [1.54, 1.807) is 18.2 Å². The molecule has 0 aromatic heterocycles. The van der Waals surface area contributed by atoms with Gasteiger partial charge in [-0.3, -0.25) is 14.9 Å². The lowest BCUT2D eigenvalue weighted by atomic mass is 10.0. The number of nitrogens with zero attached hydrogens (tertiary/aromatic N) is 1. The van der Waals surface area contributed by atoms with E-state index in [1.165, 1.54) is 19.3 Å². The Bertz CT molecular complexity index is 1060. The average Bonchev–Trinajstić information content (AvgIpc) is 2.66. The normalized spacial score (nSPS) is 15.4. The summed E-state index contributed by atoms with van der Waals surface area (Å²) < 4.78 is 10.8. The van der Waals surface area contributed by atoms with Crippen LogP contribution in [0.2, 0.25) is 5.02 Å². The van der Waals surface area contributed by atoms with E-state index >= 15 is 0 Å². The number of barbiturate groups is 1. The van der Waals surface area contributed by atoms with Crippen LogP contribution >= 0.6 is 11.6 Å². The highest BCUT2D eigenvalue weighted by molar-refractivity contribution is 6.40. The molecule has 1 aliphatic heterocycles. The van der Waals surface area contributed by atoms with Crippen molar-refractivity contribution in [2.45, 2.75) is 20.8 Å². The van der Waals surface area contributed by atoms with Crippen molar-refractivity contribution in [1.82, 2.24) is 5.32 Å². The van der Waals surface area contributed by atoms with Crippen LogP contribution < -0.4 is 19.7 Å². The van der Waals surface area contributed by atoms with Gasteiger partial charge in [-0.05, 0) is 61.7 Å². The third-order valence-corrected chi connectivity index (χ3v) is 4.78. The molecular formula is C22H21ClN2O5. The number of imide groups is 2. The highest BCUT2D eigenvalue weighted by atomic mass is 35.5. The number of hydrogen-bond acceptors (Lipinski definition) is 5. The van der Waals surface area contributed by atoms with Crippen molar-refractivity contribution in [3.63, 3.8) is 0 Å². The van der Waals surface area contributed by atoms with E-state index < -0.39 is 17.8 Å². The minimum atomic E-state index is -0.803. The van der Waals surface area contributed by atoms with E-state index in [2.05, 4.69) is 5.32 Å². The minimum absolute atomic E-state index is 0.219. The maximum atomic E-state index is 13.1. The first-order chi connectivity index (χ1) is 14.2. The van der Waals surface area contributed by atoms with Crippen molar-refractivity contribution >= 4 is 41.2 Å². The van der Waals surface area contributed by atoms with Crippen LogP contribution in [-0.4, -0.2) is 31.6 Å². The van der Waals surface area contributed by atoms with Crippen molar-refractivity contribution in [3.05, 3.63) is 57.6 Å². The van der Waals surface area contributed by atoms with Gasteiger partial charge in [-0.15, -0.1) is 0 Å². The van der Waals surface area contributed by atoms with Crippen LogP contribution in [0.25, 0.3) is 6.08 Å². The number of nitrogens with one attached hydrogen (secondary N) is 1. The third-order valence-electron chi connectivity index (χ3n) is 4.45. The maximum Gasteiger partial charge on any atom is 0.335 e. The monoisotopic (exact) mass is 428 g/mol. The summed E-state index contributed by atoms with van der Waals surface area (Å²) >= 11 is 6.31. The first-order valence-corrected chi connectivity index (χ1v) is 9.63. The number of carbonyl (C=O) groups excluding carboxylic acids is 3. The fourth-order valence-corrected chi connectivity index (χ4v) is 3.42. The van der Waals surface area contributed by atoms with Gasteiger partial charge < -0.3 is 9.47 Å². The van der Waals surface area contributed by atoms with E-state index in [4.69, 9.17) is 21.1 Å². The van der Waals surface area contributed by atoms with Crippen molar-refractivity contribution < 1.29 is 23.9 Å². The van der Waals surface area contributed by atoms with Crippen molar-refractivity contribution in [1.29, 1.82) is 0 Å². The molecule has 0 radical (unpaired) electrons. The van der Waals surface area contributed by atoms with Gasteiger partial charge >= 0.3 is 6.03 Å². The molecule has 30 heavy (non-hydrogen) atoms. The number of hydrogen-bond donors (Lipinski definition) is 1. The third kappa shape index (κ3) is 4.16. The van der Waals surface area contributed by atoms with Crippen LogP contribution in [0.5, 0.6) is 11.5 Å². The second-order valence-electron chi connectivity index (χ2n) is 6.76. The predicted octanol–water partition coefficient (Wildman–Crippen LogP) is 4.03. The molecule has 2 aromatic carbocycles. The molecule has 0 unspecified atom stereocenters. The zero-order valence-electron chi connectivity index (χ0n) is 17.0. The fraction of sp³-hybridized carbons (Fsp3) is 0.227. The number of halogens is 1. The molecule has 1 saturated heterocycles. The van der Waals surface area contributed by atoms with Gasteiger partial charge in [0.25, 0.3) is 11.8 Å². The molecule has 1 fully saturated rings. The Labute approximate surface area is 179 Å². The van der Waals surface area contributed by atoms with Crippen LogP contribution in [0, 0.1) is 13.8 Å². The molecule has 0 spiro atoms. The number of urea groups is 1. The summed E-state index contributed by atoms with van der Waals surface area (Å²) in [7, 11) is 1.48. The quantitative estimate of drug-likeness (QED) is 0.574. The molecule has 3 rings (SSSR count). The molecule has 4 amide bonds. The van der Waals surface area contributed by atoms with E-state index in [1.807, 2.05) is 26.8 Å². The Morgan fingerprint density at radius 3 is 2.30 bits per heavy atom. The van der Waals surface area contributed by atoms with E-state index in [0.29, 0.717) is 29.4 Å². The highest BCUT2D eigenvalue weighted by Gasteiger charge is 2.37. The average molecular weight is 429 g/mol. The first kappa shape index (κ1) is 21.4. The minimum Gasteiger partial charge on any atom is -0.493 e. The lowest BCUT2D eigenvalue weighted by Crippen LogP contribution is -2.54. The molecule has 1 N–H and O–H groups in total. The van der Waals surface area contributed by atoms with Gasteiger partial charge in [0.15, 0.2) is 11.5 Å². The van der Waals surface area contributed by atoms with Crippen LogP contribution in [0.1, 0.15) is 23.6 Å². The molecule has 0 aliphatic carbocycles. The Balaban J connectivity index is 2.08. The molecule has 0 atom stereocenters. The lowest BCUT2D eigenvalue weighted by molar-refractivity contribution is -0.122. The number of anilines is 1. The SMILES string of the molecule is CCOc1cc(/C=C2\C(=O)NC(=O)N(c3cc(C)cc(C)c3)C2=O)c(Cl)cc1OC. The summed E-state index contributed by atoms with van der Waals surface area (Å²) in [6.07, 6.45) is 1.34. The summed E-state index contributed by atoms with van der Waals surface area (Å²) in [5, 5.41) is 2.47. The number of benzene rings is 2. The largest absolute Gasteiger partial charge is 0.493 e. The number of ether oxygens (including phenoxy) is 2. The number of carbonyl (C=O) groups is 3. The summed E-state index contributed by atoms with van der Waals surface area (Å²) in [5.41, 5.74) is 2.31. The van der Waals surface area contributed by atoms with E-state index in [-0.39, 0.29) is 10.6 Å². The molecule has 7 nitrogen and oxygen atoms in total. The predicted molar refractivity (Wildman–Crippen MR) is 114 cm³/mol. The second kappa shape index (κ2) is 8.59. The summed E-state index contributed by atoms with van der Waals surface area (Å²) in [4.78, 5) is 38.9. The van der Waals surface area contributed by atoms with Gasteiger partial charge in [-0.1, -0.05) is 17.7 Å². The van der Waals surface area contributed by atoms with Crippen LogP contribution in [0.4, 0.5) is 10.5 Å². The Morgan fingerprint density at radius 1 is 1.03 bits per heavy atom. The zero-order chi connectivity index (χ0) is 22.0. The lowest BCUT2D eigenvalue weighted by Gasteiger charge is -2.27. The molecule has 156 valence electrons. The fourth-order valence-electron chi connectivity index (χ4n) is 3.22. The standard InChI is InChI=1S/C22H21ClN2O5/c1-5-30-19-10-14(17(23)11-18(19)29-4)9-16-20(26)24-22(28)25(21(16)27)15-7-12(2)6-13(3)8-15/h6-11H,5H2,1-4H3,(H,24,26,28)/b16-9+. The Morgan fingerprint density at radius 2 is 1.70 bits per heavy atom. The molecule has 8 heteroatoms. The van der Waals surface area contributed by atoms with Crippen molar-refractivity contribution in [3.8, 4) is 11.5 Å². The number of aryl methyl sites for hydroxylation is 2.